The number of amidine groups is 1. The maximum Gasteiger partial charge on any atom is 0.408 e. The average Bonchev–Trinajstić information content (AvgIpc) is 2.69. The zero-order chi connectivity index (χ0) is 20.5. The van der Waals surface area contributed by atoms with E-state index in [1.807, 2.05) is 49.4 Å². The van der Waals surface area contributed by atoms with Gasteiger partial charge in [0.1, 0.15) is 12.6 Å². The van der Waals surface area contributed by atoms with E-state index in [1.54, 1.807) is 26.0 Å². The molecule has 0 bridgehead atoms. The van der Waals surface area contributed by atoms with Crippen molar-refractivity contribution in [3.8, 4) is 0 Å². The van der Waals surface area contributed by atoms with Crippen molar-refractivity contribution in [3.05, 3.63) is 71.3 Å². The number of nitrogens with zero attached hydrogens (tertiary/aromatic N) is 1. The minimum absolute atomic E-state index is 0.0718. The van der Waals surface area contributed by atoms with Gasteiger partial charge in [0.15, 0.2) is 5.84 Å². The molecule has 2 aromatic rings. The molecule has 7 nitrogen and oxygen atoms in total. The van der Waals surface area contributed by atoms with Crippen LogP contribution in [0.25, 0.3) is 0 Å². The van der Waals surface area contributed by atoms with Gasteiger partial charge in [-0.1, -0.05) is 79.2 Å². The van der Waals surface area contributed by atoms with Crippen molar-refractivity contribution in [2.45, 2.75) is 33.4 Å². The standard InChI is InChI=1S/C21H25N3O4/c1-14(2)18(23-21(26)27-13-16-7-5-4-6-8-16)20(25)28-24-19(22)17-11-9-15(3)10-12-17/h4-12,14,18H,13H2,1-3H3,(H2,22,24)(H,23,26)/t18-/m0/s1. The van der Waals surface area contributed by atoms with E-state index in [4.69, 9.17) is 15.3 Å². The zero-order valence-electron chi connectivity index (χ0n) is 16.2. The maximum absolute atomic E-state index is 12.3. The fraction of sp³-hybridized carbons (Fsp3) is 0.286. The molecule has 7 heteroatoms. The summed E-state index contributed by atoms with van der Waals surface area (Å²) in [6.45, 7) is 5.60. The zero-order valence-corrected chi connectivity index (χ0v) is 16.2. The molecule has 0 aliphatic carbocycles. The first-order valence-corrected chi connectivity index (χ1v) is 8.95. The van der Waals surface area contributed by atoms with E-state index in [0.29, 0.717) is 5.56 Å². The molecule has 0 fully saturated rings. The summed E-state index contributed by atoms with van der Waals surface area (Å²) >= 11 is 0. The average molecular weight is 383 g/mol. The van der Waals surface area contributed by atoms with Gasteiger partial charge in [-0.2, -0.15) is 0 Å². The van der Waals surface area contributed by atoms with Crippen molar-refractivity contribution in [3.63, 3.8) is 0 Å². The van der Waals surface area contributed by atoms with Crippen molar-refractivity contribution >= 4 is 17.9 Å². The second kappa shape index (κ2) is 10.1. The Balaban J connectivity index is 1.92. The van der Waals surface area contributed by atoms with Gasteiger partial charge in [0, 0.05) is 5.56 Å². The van der Waals surface area contributed by atoms with Crippen LogP contribution < -0.4 is 11.1 Å². The second-order valence-electron chi connectivity index (χ2n) is 6.68. The number of carbonyl (C=O) groups excluding carboxylic acids is 2. The van der Waals surface area contributed by atoms with Gasteiger partial charge in [-0.15, -0.1) is 0 Å². The SMILES string of the molecule is Cc1ccc(/C(N)=N\OC(=O)[C@@H](NC(=O)OCc2ccccc2)C(C)C)cc1. The van der Waals surface area contributed by atoms with E-state index >= 15 is 0 Å². The van der Waals surface area contributed by atoms with Crippen LogP contribution in [0.2, 0.25) is 0 Å². The third kappa shape index (κ3) is 6.42. The summed E-state index contributed by atoms with van der Waals surface area (Å²) in [5.41, 5.74) is 8.40. The number of hydrogen-bond acceptors (Lipinski definition) is 5. The molecule has 1 amide bonds. The summed E-state index contributed by atoms with van der Waals surface area (Å²) in [5, 5.41) is 6.19. The van der Waals surface area contributed by atoms with Crippen molar-refractivity contribution < 1.29 is 19.2 Å². The Morgan fingerprint density at radius 2 is 1.71 bits per heavy atom. The van der Waals surface area contributed by atoms with E-state index in [-0.39, 0.29) is 18.4 Å². The van der Waals surface area contributed by atoms with Crippen LogP contribution in [-0.2, 0) is 21.0 Å². The van der Waals surface area contributed by atoms with Gasteiger partial charge in [-0.05, 0) is 18.4 Å². The normalized spacial score (nSPS) is 12.4. The first kappa shape index (κ1) is 21.0. The van der Waals surface area contributed by atoms with E-state index < -0.39 is 18.1 Å². The Morgan fingerprint density at radius 1 is 1.07 bits per heavy atom. The van der Waals surface area contributed by atoms with Crippen LogP contribution in [0.5, 0.6) is 0 Å². The van der Waals surface area contributed by atoms with Crippen LogP contribution in [-0.4, -0.2) is 23.9 Å². The molecule has 28 heavy (non-hydrogen) atoms. The number of benzene rings is 2. The molecule has 0 spiro atoms. The fourth-order valence-electron chi connectivity index (χ4n) is 2.32. The second-order valence-corrected chi connectivity index (χ2v) is 6.68. The molecule has 0 saturated heterocycles. The van der Waals surface area contributed by atoms with Crippen LogP contribution in [0.4, 0.5) is 4.79 Å². The molecule has 0 radical (unpaired) electrons. The number of oxime groups is 1. The molecule has 0 unspecified atom stereocenters. The summed E-state index contributed by atoms with van der Waals surface area (Å²) in [7, 11) is 0. The lowest BCUT2D eigenvalue weighted by Crippen LogP contribution is -2.45. The van der Waals surface area contributed by atoms with Crippen LogP contribution in [0.1, 0.15) is 30.5 Å². The molecule has 1 atom stereocenters. The first-order valence-electron chi connectivity index (χ1n) is 8.95. The fourth-order valence-corrected chi connectivity index (χ4v) is 2.32. The highest BCUT2D eigenvalue weighted by Gasteiger charge is 2.27. The molecular weight excluding hydrogens is 358 g/mol. The molecule has 0 aromatic heterocycles. The Hall–Kier alpha value is -3.35. The Bertz CT molecular complexity index is 817. The van der Waals surface area contributed by atoms with Gasteiger partial charge in [0.05, 0.1) is 0 Å². The summed E-state index contributed by atoms with van der Waals surface area (Å²) in [6, 6.07) is 15.6. The largest absolute Gasteiger partial charge is 0.445 e. The quantitative estimate of drug-likeness (QED) is 0.331. The number of nitrogens with two attached hydrogens (primary N) is 1. The molecule has 0 aliphatic rings. The Labute approximate surface area is 164 Å². The number of amides is 1. The predicted octanol–water partition coefficient (Wildman–Crippen LogP) is 3.11. The van der Waals surface area contributed by atoms with E-state index in [0.717, 1.165) is 11.1 Å². The van der Waals surface area contributed by atoms with Crippen molar-refractivity contribution in [1.82, 2.24) is 5.32 Å². The number of ether oxygens (including phenoxy) is 1. The van der Waals surface area contributed by atoms with Crippen molar-refractivity contribution in [2.24, 2.45) is 16.8 Å². The number of aryl methyl sites for hydroxylation is 1. The third-order valence-electron chi connectivity index (χ3n) is 3.99. The van der Waals surface area contributed by atoms with Gasteiger partial charge in [0.2, 0.25) is 0 Å². The number of carbonyl (C=O) groups is 2. The van der Waals surface area contributed by atoms with E-state index in [9.17, 15) is 9.59 Å². The van der Waals surface area contributed by atoms with Gasteiger partial charge in [-0.3, -0.25) is 0 Å². The molecule has 0 saturated carbocycles. The van der Waals surface area contributed by atoms with Gasteiger partial charge < -0.3 is 20.6 Å². The van der Waals surface area contributed by atoms with Gasteiger partial charge >= 0.3 is 12.1 Å². The molecule has 148 valence electrons. The summed E-state index contributed by atoms with van der Waals surface area (Å²) in [5.74, 6) is -0.878. The van der Waals surface area contributed by atoms with Crippen LogP contribution >= 0.6 is 0 Å². The van der Waals surface area contributed by atoms with Crippen LogP contribution in [0.15, 0.2) is 59.8 Å². The lowest BCUT2D eigenvalue weighted by atomic mass is 10.1. The van der Waals surface area contributed by atoms with Gasteiger partial charge in [-0.25, -0.2) is 9.59 Å². The maximum atomic E-state index is 12.3. The lowest BCUT2D eigenvalue weighted by Gasteiger charge is -2.19. The molecule has 3 N–H and O–H groups in total. The van der Waals surface area contributed by atoms with Gasteiger partial charge in [0.25, 0.3) is 0 Å². The topological polar surface area (TPSA) is 103 Å². The molecule has 0 aliphatic heterocycles. The predicted molar refractivity (Wildman–Crippen MR) is 106 cm³/mol. The van der Waals surface area contributed by atoms with Crippen LogP contribution in [0.3, 0.4) is 0 Å². The number of hydrogen-bond donors (Lipinski definition) is 2. The molecule has 2 rings (SSSR count). The third-order valence-corrected chi connectivity index (χ3v) is 3.99. The summed E-state index contributed by atoms with van der Waals surface area (Å²) in [4.78, 5) is 29.3. The molecular formula is C21H25N3O4. The van der Waals surface area contributed by atoms with Crippen LogP contribution in [0, 0.1) is 12.8 Å². The monoisotopic (exact) mass is 383 g/mol. The van der Waals surface area contributed by atoms with Crippen molar-refractivity contribution in [1.29, 1.82) is 0 Å². The highest BCUT2D eigenvalue weighted by atomic mass is 16.7. The summed E-state index contributed by atoms with van der Waals surface area (Å²) in [6.07, 6.45) is -0.713. The number of alkyl carbamates (subject to hydrolysis) is 1. The van der Waals surface area contributed by atoms with E-state index in [1.165, 1.54) is 0 Å². The highest BCUT2D eigenvalue weighted by Crippen LogP contribution is 2.08. The smallest absolute Gasteiger partial charge is 0.408 e. The Kier molecular flexibility index (Phi) is 7.56. The number of rotatable bonds is 7. The minimum Gasteiger partial charge on any atom is -0.445 e. The molecule has 0 heterocycles. The molecule has 2 aromatic carbocycles. The van der Waals surface area contributed by atoms with Crippen molar-refractivity contribution in [2.75, 3.05) is 0 Å². The number of nitrogens with one attached hydrogen (secondary N) is 1. The van der Waals surface area contributed by atoms with E-state index in [2.05, 4.69) is 10.5 Å². The highest BCUT2D eigenvalue weighted by molar-refractivity contribution is 5.97. The summed E-state index contributed by atoms with van der Waals surface area (Å²) < 4.78 is 5.15. The lowest BCUT2D eigenvalue weighted by molar-refractivity contribution is -0.147. The first-order chi connectivity index (χ1) is 13.4. The Morgan fingerprint density at radius 3 is 2.32 bits per heavy atom. The minimum atomic E-state index is -0.919.